The van der Waals surface area contributed by atoms with Crippen molar-refractivity contribution in [3.05, 3.63) is 70.1 Å². The molecule has 0 spiro atoms. The van der Waals surface area contributed by atoms with Gasteiger partial charge in [-0.25, -0.2) is 4.79 Å². The van der Waals surface area contributed by atoms with Crippen LogP contribution in [0.3, 0.4) is 0 Å². The van der Waals surface area contributed by atoms with Gasteiger partial charge in [-0.05, 0) is 42.6 Å². The van der Waals surface area contributed by atoms with E-state index in [1.54, 1.807) is 30.4 Å². The van der Waals surface area contributed by atoms with E-state index < -0.39 is 0 Å². The van der Waals surface area contributed by atoms with Crippen molar-refractivity contribution in [2.45, 2.75) is 20.0 Å². The number of carbonyl (C=O) groups excluding carboxylic acids is 1. The molecule has 3 aromatic rings. The van der Waals surface area contributed by atoms with Crippen LogP contribution < -0.4 is 5.32 Å². The van der Waals surface area contributed by atoms with Crippen LogP contribution in [-0.2, 0) is 17.8 Å². The number of esters is 1. The molecule has 1 N–H and O–H groups in total. The molecule has 0 unspecified atom stereocenters. The standard InChI is InChI=1S/C19H19NO3S.ClH/c1-2-22-19(21)15-7-5-14(6-8-15)18-10-9-16(23-18)12-20-13-17-4-3-11-24-17;/h3-11,20H,2,12-13H2,1H3;1H. The highest BCUT2D eigenvalue weighted by Gasteiger charge is 2.08. The van der Waals surface area contributed by atoms with Crippen LogP contribution in [-0.4, -0.2) is 12.6 Å². The van der Waals surface area contributed by atoms with Gasteiger partial charge in [-0.3, -0.25) is 0 Å². The first kappa shape index (κ1) is 19.2. The maximum Gasteiger partial charge on any atom is 0.338 e. The highest BCUT2D eigenvalue weighted by molar-refractivity contribution is 7.09. The van der Waals surface area contributed by atoms with Crippen molar-refractivity contribution in [2.24, 2.45) is 0 Å². The van der Waals surface area contributed by atoms with Gasteiger partial charge in [-0.2, -0.15) is 0 Å². The van der Waals surface area contributed by atoms with Gasteiger partial charge in [0.2, 0.25) is 0 Å². The minimum atomic E-state index is -0.304. The number of halogens is 1. The summed E-state index contributed by atoms with van der Waals surface area (Å²) in [6.07, 6.45) is 0. The summed E-state index contributed by atoms with van der Waals surface area (Å²) in [6.45, 7) is 3.69. The molecular weight excluding hydrogens is 358 g/mol. The van der Waals surface area contributed by atoms with Gasteiger partial charge in [-0.15, -0.1) is 23.7 Å². The predicted octanol–water partition coefficient (Wildman–Crippen LogP) is 4.90. The fourth-order valence-corrected chi connectivity index (χ4v) is 3.01. The van der Waals surface area contributed by atoms with Crippen molar-refractivity contribution >= 4 is 29.7 Å². The molecule has 0 saturated carbocycles. The third-order valence-corrected chi connectivity index (χ3v) is 4.40. The Morgan fingerprint density at radius 3 is 2.60 bits per heavy atom. The number of carbonyl (C=O) groups is 1. The van der Waals surface area contributed by atoms with Gasteiger partial charge in [0.1, 0.15) is 11.5 Å². The smallest absolute Gasteiger partial charge is 0.338 e. The van der Waals surface area contributed by atoms with Gasteiger partial charge >= 0.3 is 5.97 Å². The summed E-state index contributed by atoms with van der Waals surface area (Å²) in [4.78, 5) is 13.0. The van der Waals surface area contributed by atoms with E-state index in [2.05, 4.69) is 16.8 Å². The zero-order valence-corrected chi connectivity index (χ0v) is 15.5. The summed E-state index contributed by atoms with van der Waals surface area (Å²) in [5, 5.41) is 5.43. The number of thiophene rings is 1. The minimum Gasteiger partial charge on any atom is -0.462 e. The third kappa shape index (κ3) is 5.19. The Kier molecular flexibility index (Phi) is 7.25. The SMILES string of the molecule is CCOC(=O)c1ccc(-c2ccc(CNCc3cccs3)o2)cc1.Cl. The quantitative estimate of drug-likeness (QED) is 0.595. The summed E-state index contributed by atoms with van der Waals surface area (Å²) >= 11 is 1.74. The summed E-state index contributed by atoms with van der Waals surface area (Å²) in [7, 11) is 0. The van der Waals surface area contributed by atoms with E-state index in [4.69, 9.17) is 9.15 Å². The largest absolute Gasteiger partial charge is 0.462 e. The van der Waals surface area contributed by atoms with Crippen LogP contribution in [0.5, 0.6) is 0 Å². The molecule has 2 aromatic heterocycles. The maximum absolute atomic E-state index is 11.7. The van der Waals surface area contributed by atoms with E-state index in [0.29, 0.717) is 18.7 Å². The second-order valence-electron chi connectivity index (χ2n) is 5.25. The summed E-state index contributed by atoms with van der Waals surface area (Å²) in [5.41, 5.74) is 1.48. The first-order chi connectivity index (χ1) is 11.8. The Bertz CT molecular complexity index is 781. The van der Waals surface area contributed by atoms with Gasteiger partial charge in [0, 0.05) is 17.0 Å². The van der Waals surface area contributed by atoms with Gasteiger partial charge in [0.25, 0.3) is 0 Å². The molecule has 2 heterocycles. The fraction of sp³-hybridized carbons (Fsp3) is 0.211. The molecule has 0 aliphatic rings. The molecule has 0 radical (unpaired) electrons. The molecular formula is C19H20ClNO3S. The molecule has 25 heavy (non-hydrogen) atoms. The fourth-order valence-electron chi connectivity index (χ4n) is 2.34. The molecule has 6 heteroatoms. The molecule has 0 bridgehead atoms. The summed E-state index contributed by atoms with van der Waals surface area (Å²) in [5.74, 6) is 1.37. The van der Waals surface area contributed by atoms with E-state index in [0.717, 1.165) is 23.6 Å². The second-order valence-corrected chi connectivity index (χ2v) is 6.28. The maximum atomic E-state index is 11.7. The summed E-state index contributed by atoms with van der Waals surface area (Å²) < 4.78 is 10.8. The number of ether oxygens (including phenoxy) is 1. The molecule has 132 valence electrons. The van der Waals surface area contributed by atoms with Gasteiger partial charge in [-0.1, -0.05) is 18.2 Å². The zero-order valence-electron chi connectivity index (χ0n) is 13.9. The number of hydrogen-bond donors (Lipinski definition) is 1. The molecule has 0 saturated heterocycles. The Labute approximate surface area is 157 Å². The molecule has 0 aliphatic carbocycles. The van der Waals surface area contributed by atoms with Crippen LogP contribution in [0.1, 0.15) is 27.9 Å². The van der Waals surface area contributed by atoms with E-state index in [-0.39, 0.29) is 18.4 Å². The number of hydrogen-bond acceptors (Lipinski definition) is 5. The Morgan fingerprint density at radius 2 is 1.92 bits per heavy atom. The molecule has 0 amide bonds. The van der Waals surface area contributed by atoms with Gasteiger partial charge in [0.05, 0.1) is 18.7 Å². The van der Waals surface area contributed by atoms with Crippen LogP contribution in [0.15, 0.2) is 58.3 Å². The van der Waals surface area contributed by atoms with Gasteiger partial charge < -0.3 is 14.5 Å². The van der Waals surface area contributed by atoms with Crippen LogP contribution in [0, 0.1) is 0 Å². The Morgan fingerprint density at radius 1 is 1.12 bits per heavy atom. The van der Waals surface area contributed by atoms with Crippen molar-refractivity contribution in [3.8, 4) is 11.3 Å². The van der Waals surface area contributed by atoms with Crippen molar-refractivity contribution in [1.29, 1.82) is 0 Å². The Hall–Kier alpha value is -2.08. The van der Waals surface area contributed by atoms with Crippen molar-refractivity contribution < 1.29 is 13.9 Å². The normalized spacial score (nSPS) is 10.3. The molecule has 0 fully saturated rings. The second kappa shape index (κ2) is 9.42. The average Bonchev–Trinajstić information content (AvgIpc) is 3.27. The lowest BCUT2D eigenvalue weighted by molar-refractivity contribution is 0.0526. The molecule has 1 aromatic carbocycles. The third-order valence-electron chi connectivity index (χ3n) is 3.52. The van der Waals surface area contributed by atoms with Crippen LogP contribution >= 0.6 is 23.7 Å². The number of benzene rings is 1. The molecule has 4 nitrogen and oxygen atoms in total. The molecule has 0 aliphatic heterocycles. The van der Waals surface area contributed by atoms with Crippen molar-refractivity contribution in [3.63, 3.8) is 0 Å². The van der Waals surface area contributed by atoms with Gasteiger partial charge in [0.15, 0.2) is 0 Å². The lowest BCUT2D eigenvalue weighted by Gasteiger charge is -2.03. The van der Waals surface area contributed by atoms with E-state index in [1.807, 2.05) is 30.3 Å². The van der Waals surface area contributed by atoms with Crippen LogP contribution in [0.2, 0.25) is 0 Å². The highest BCUT2D eigenvalue weighted by Crippen LogP contribution is 2.23. The topological polar surface area (TPSA) is 51.5 Å². The van der Waals surface area contributed by atoms with Crippen molar-refractivity contribution in [1.82, 2.24) is 5.32 Å². The number of rotatable bonds is 7. The molecule has 3 rings (SSSR count). The van der Waals surface area contributed by atoms with E-state index in [1.165, 1.54) is 4.88 Å². The highest BCUT2D eigenvalue weighted by atomic mass is 35.5. The van der Waals surface area contributed by atoms with Crippen molar-refractivity contribution in [2.75, 3.05) is 6.61 Å². The van der Waals surface area contributed by atoms with E-state index >= 15 is 0 Å². The average molecular weight is 378 g/mol. The first-order valence-electron chi connectivity index (χ1n) is 7.85. The van der Waals surface area contributed by atoms with E-state index in [9.17, 15) is 4.79 Å². The van der Waals surface area contributed by atoms with Crippen LogP contribution in [0.25, 0.3) is 11.3 Å². The number of furan rings is 1. The minimum absolute atomic E-state index is 0. The first-order valence-corrected chi connectivity index (χ1v) is 8.73. The number of nitrogens with one attached hydrogen (secondary N) is 1. The molecule has 0 atom stereocenters. The Balaban J connectivity index is 0.00000225. The summed E-state index contributed by atoms with van der Waals surface area (Å²) in [6, 6.07) is 15.3. The zero-order chi connectivity index (χ0) is 16.8. The predicted molar refractivity (Wildman–Crippen MR) is 102 cm³/mol. The van der Waals surface area contributed by atoms with Crippen LogP contribution in [0.4, 0.5) is 0 Å². The lowest BCUT2D eigenvalue weighted by atomic mass is 10.1. The lowest BCUT2D eigenvalue weighted by Crippen LogP contribution is -2.10. The monoisotopic (exact) mass is 377 g/mol.